The molecule has 4 rings (SSSR count). The van der Waals surface area contributed by atoms with E-state index in [4.69, 9.17) is 9.72 Å². The standard InChI is InChI=1S/C23H26FN5OS/c1-17-4-10-20(11-5-17)31-29-14-12-28(13-15-29)23-25-21(27(2)3)16-22(26-23)30-19-8-6-18(24)7-9-19/h4-11,16H,12-15H2,1-3H3. The Balaban J connectivity index is 1.45. The van der Waals surface area contributed by atoms with Crippen LogP contribution in [0.25, 0.3) is 0 Å². The number of ether oxygens (including phenoxy) is 1. The van der Waals surface area contributed by atoms with Crippen molar-refractivity contribution in [2.45, 2.75) is 11.8 Å². The molecule has 1 aliphatic heterocycles. The lowest BCUT2D eigenvalue weighted by molar-refractivity contribution is 0.422. The van der Waals surface area contributed by atoms with E-state index in [1.54, 1.807) is 30.1 Å². The van der Waals surface area contributed by atoms with Gasteiger partial charge < -0.3 is 14.5 Å². The highest BCUT2D eigenvalue weighted by Crippen LogP contribution is 2.28. The number of benzene rings is 2. The summed E-state index contributed by atoms with van der Waals surface area (Å²) in [6.07, 6.45) is 0. The van der Waals surface area contributed by atoms with Crippen molar-refractivity contribution < 1.29 is 9.13 Å². The van der Waals surface area contributed by atoms with E-state index in [0.29, 0.717) is 17.6 Å². The van der Waals surface area contributed by atoms with Crippen LogP contribution in [0, 0.1) is 12.7 Å². The molecule has 2 heterocycles. The summed E-state index contributed by atoms with van der Waals surface area (Å²) in [5.41, 5.74) is 1.27. The van der Waals surface area contributed by atoms with Gasteiger partial charge in [-0.15, -0.1) is 0 Å². The quantitative estimate of drug-likeness (QED) is 0.520. The van der Waals surface area contributed by atoms with Gasteiger partial charge in [-0.25, -0.2) is 8.70 Å². The van der Waals surface area contributed by atoms with Crippen LogP contribution in [0.5, 0.6) is 11.6 Å². The third-order valence-electron chi connectivity index (χ3n) is 4.95. The lowest BCUT2D eigenvalue weighted by Gasteiger charge is -2.34. The van der Waals surface area contributed by atoms with Gasteiger partial charge in [0.25, 0.3) is 0 Å². The Bertz CT molecular complexity index is 1010. The molecule has 0 radical (unpaired) electrons. The Morgan fingerprint density at radius 3 is 2.26 bits per heavy atom. The predicted molar refractivity (Wildman–Crippen MR) is 124 cm³/mol. The first-order valence-corrected chi connectivity index (χ1v) is 11.0. The third kappa shape index (κ3) is 5.65. The van der Waals surface area contributed by atoms with Gasteiger partial charge in [0.15, 0.2) is 0 Å². The maximum Gasteiger partial charge on any atom is 0.230 e. The van der Waals surface area contributed by atoms with Crippen molar-refractivity contribution in [2.75, 3.05) is 50.1 Å². The number of rotatable bonds is 6. The molecular formula is C23H26FN5OS. The predicted octanol–water partition coefficient (Wildman–Crippen LogP) is 4.61. The first kappa shape index (κ1) is 21.4. The topological polar surface area (TPSA) is 44.7 Å². The van der Waals surface area contributed by atoms with Crippen molar-refractivity contribution in [3.63, 3.8) is 0 Å². The van der Waals surface area contributed by atoms with Crippen molar-refractivity contribution in [3.8, 4) is 11.6 Å². The van der Waals surface area contributed by atoms with Crippen LogP contribution < -0.4 is 14.5 Å². The first-order chi connectivity index (χ1) is 15.0. The SMILES string of the molecule is Cc1ccc(SN2CCN(c3nc(Oc4ccc(F)cc4)cc(N(C)C)n3)CC2)cc1. The number of aryl methyl sites for hydroxylation is 1. The molecule has 0 aliphatic carbocycles. The zero-order valence-corrected chi connectivity index (χ0v) is 18.8. The molecular weight excluding hydrogens is 413 g/mol. The van der Waals surface area contributed by atoms with Crippen molar-refractivity contribution >= 4 is 23.7 Å². The molecule has 6 nitrogen and oxygen atoms in total. The van der Waals surface area contributed by atoms with Gasteiger partial charge in [0.1, 0.15) is 17.4 Å². The van der Waals surface area contributed by atoms with E-state index in [1.807, 2.05) is 19.0 Å². The lowest BCUT2D eigenvalue weighted by Crippen LogP contribution is -2.44. The van der Waals surface area contributed by atoms with Crippen molar-refractivity contribution in [3.05, 3.63) is 66.0 Å². The molecule has 3 aromatic rings. The Kier molecular flexibility index (Phi) is 6.58. The average Bonchev–Trinajstić information content (AvgIpc) is 2.77. The van der Waals surface area contributed by atoms with Crippen LogP contribution in [0.3, 0.4) is 0 Å². The van der Waals surface area contributed by atoms with Crippen LogP contribution >= 0.6 is 11.9 Å². The fourth-order valence-corrected chi connectivity index (χ4v) is 4.08. The van der Waals surface area contributed by atoms with Crippen molar-refractivity contribution in [2.24, 2.45) is 0 Å². The molecule has 1 aromatic heterocycles. The van der Waals surface area contributed by atoms with Crippen LogP contribution in [0.4, 0.5) is 16.2 Å². The molecule has 2 aromatic carbocycles. The van der Waals surface area contributed by atoms with Crippen LogP contribution in [-0.4, -0.2) is 54.5 Å². The summed E-state index contributed by atoms with van der Waals surface area (Å²) in [7, 11) is 3.87. The maximum absolute atomic E-state index is 13.2. The average molecular weight is 440 g/mol. The van der Waals surface area contributed by atoms with E-state index in [9.17, 15) is 4.39 Å². The second-order valence-electron chi connectivity index (χ2n) is 7.64. The van der Waals surface area contributed by atoms with Gasteiger partial charge in [-0.2, -0.15) is 9.97 Å². The molecule has 31 heavy (non-hydrogen) atoms. The van der Waals surface area contributed by atoms with Crippen molar-refractivity contribution in [1.82, 2.24) is 14.3 Å². The minimum Gasteiger partial charge on any atom is -0.439 e. The summed E-state index contributed by atoms with van der Waals surface area (Å²) >= 11 is 1.79. The highest BCUT2D eigenvalue weighted by Gasteiger charge is 2.21. The molecule has 0 atom stereocenters. The van der Waals surface area contributed by atoms with E-state index >= 15 is 0 Å². The van der Waals surface area contributed by atoms with Gasteiger partial charge in [-0.3, -0.25) is 0 Å². The number of nitrogens with zero attached hydrogens (tertiary/aromatic N) is 5. The molecule has 0 unspecified atom stereocenters. The highest BCUT2D eigenvalue weighted by molar-refractivity contribution is 7.97. The molecule has 0 N–H and O–H groups in total. The number of hydrogen-bond acceptors (Lipinski definition) is 7. The van der Waals surface area contributed by atoms with Gasteiger partial charge >= 0.3 is 0 Å². The minimum absolute atomic E-state index is 0.300. The van der Waals surface area contributed by atoms with E-state index in [0.717, 1.165) is 32.0 Å². The number of halogens is 1. The summed E-state index contributed by atoms with van der Waals surface area (Å²) in [5, 5.41) is 0. The monoisotopic (exact) mass is 439 g/mol. The molecule has 162 valence electrons. The lowest BCUT2D eigenvalue weighted by atomic mass is 10.2. The minimum atomic E-state index is -0.300. The fraction of sp³-hybridized carbons (Fsp3) is 0.304. The number of aromatic nitrogens is 2. The Hall–Kier alpha value is -2.84. The number of piperazine rings is 1. The van der Waals surface area contributed by atoms with E-state index < -0.39 is 0 Å². The fourth-order valence-electron chi connectivity index (χ4n) is 3.17. The molecule has 0 amide bonds. The second-order valence-corrected chi connectivity index (χ2v) is 8.81. The summed E-state index contributed by atoms with van der Waals surface area (Å²) in [6.45, 7) is 5.56. The van der Waals surface area contributed by atoms with Gasteiger partial charge in [0.2, 0.25) is 11.8 Å². The summed E-state index contributed by atoms with van der Waals surface area (Å²) in [5.74, 6) is 2.08. The van der Waals surface area contributed by atoms with Crippen molar-refractivity contribution in [1.29, 1.82) is 0 Å². The van der Waals surface area contributed by atoms with Gasteiger partial charge in [-0.05, 0) is 55.3 Å². The molecule has 0 spiro atoms. The largest absolute Gasteiger partial charge is 0.439 e. The van der Waals surface area contributed by atoms with E-state index in [-0.39, 0.29) is 5.82 Å². The molecule has 1 fully saturated rings. The summed E-state index contributed by atoms with van der Waals surface area (Å²) < 4.78 is 21.4. The first-order valence-electron chi connectivity index (χ1n) is 10.2. The molecule has 1 saturated heterocycles. The molecule has 1 aliphatic rings. The highest BCUT2D eigenvalue weighted by atomic mass is 32.2. The summed E-state index contributed by atoms with van der Waals surface area (Å²) in [6, 6.07) is 16.3. The third-order valence-corrected chi connectivity index (χ3v) is 6.05. The van der Waals surface area contributed by atoms with Gasteiger partial charge in [0.05, 0.1) is 0 Å². The van der Waals surface area contributed by atoms with Crippen LogP contribution in [0.1, 0.15) is 5.56 Å². The van der Waals surface area contributed by atoms with Crippen LogP contribution in [-0.2, 0) is 0 Å². The zero-order valence-electron chi connectivity index (χ0n) is 18.0. The van der Waals surface area contributed by atoms with E-state index in [1.165, 1.54) is 22.6 Å². The number of hydrogen-bond donors (Lipinski definition) is 0. The van der Waals surface area contributed by atoms with Gasteiger partial charge in [0, 0.05) is 51.2 Å². The Labute approximate surface area is 186 Å². The maximum atomic E-state index is 13.2. The zero-order chi connectivity index (χ0) is 21.8. The normalized spacial score (nSPS) is 14.5. The number of anilines is 2. The Morgan fingerprint density at radius 2 is 1.61 bits per heavy atom. The van der Waals surface area contributed by atoms with E-state index in [2.05, 4.69) is 45.4 Å². The summed E-state index contributed by atoms with van der Waals surface area (Å²) in [4.78, 5) is 14.7. The van der Waals surface area contributed by atoms with Gasteiger partial charge in [-0.1, -0.05) is 17.7 Å². The van der Waals surface area contributed by atoms with Crippen LogP contribution in [0.15, 0.2) is 59.5 Å². The molecule has 0 saturated carbocycles. The molecule has 0 bridgehead atoms. The molecule has 8 heteroatoms. The Morgan fingerprint density at radius 1 is 0.935 bits per heavy atom. The van der Waals surface area contributed by atoms with Crippen LogP contribution in [0.2, 0.25) is 0 Å². The smallest absolute Gasteiger partial charge is 0.230 e. The second kappa shape index (κ2) is 9.53.